The van der Waals surface area contributed by atoms with E-state index in [4.69, 9.17) is 0 Å². The van der Waals surface area contributed by atoms with Gasteiger partial charge in [-0.1, -0.05) is 42.0 Å². The first-order valence-electron chi connectivity index (χ1n) is 8.28. The van der Waals surface area contributed by atoms with Crippen molar-refractivity contribution in [2.24, 2.45) is 0 Å². The van der Waals surface area contributed by atoms with E-state index in [9.17, 15) is 8.42 Å². The second-order valence-electron chi connectivity index (χ2n) is 6.13. The summed E-state index contributed by atoms with van der Waals surface area (Å²) in [6.07, 6.45) is 1.62. The number of nitrogens with zero attached hydrogens (tertiary/aromatic N) is 1. The van der Waals surface area contributed by atoms with Crippen molar-refractivity contribution >= 4 is 21.5 Å². The molecule has 0 radical (unpaired) electrons. The van der Waals surface area contributed by atoms with Crippen molar-refractivity contribution < 1.29 is 8.42 Å². The van der Waals surface area contributed by atoms with Crippen molar-refractivity contribution in [2.45, 2.75) is 25.3 Å². The minimum atomic E-state index is -3.64. The van der Waals surface area contributed by atoms with Crippen LogP contribution < -0.4 is 10.0 Å². The number of pyridine rings is 1. The van der Waals surface area contributed by atoms with Crippen LogP contribution in [0.2, 0.25) is 0 Å². The van der Waals surface area contributed by atoms with Crippen LogP contribution in [-0.2, 0) is 16.6 Å². The summed E-state index contributed by atoms with van der Waals surface area (Å²) >= 11 is 0. The van der Waals surface area contributed by atoms with Gasteiger partial charge in [0.15, 0.2) is 0 Å². The molecule has 2 N–H and O–H groups in total. The molecule has 134 valence electrons. The molecule has 2 aromatic carbocycles. The molecular weight excluding hydrogens is 346 g/mol. The van der Waals surface area contributed by atoms with Crippen molar-refractivity contribution in [3.8, 4) is 0 Å². The summed E-state index contributed by atoms with van der Waals surface area (Å²) in [5, 5.41) is 3.29. The van der Waals surface area contributed by atoms with Gasteiger partial charge in [0.1, 0.15) is 5.82 Å². The zero-order chi connectivity index (χ0) is 18.6. The van der Waals surface area contributed by atoms with Gasteiger partial charge in [0.25, 0.3) is 10.0 Å². The van der Waals surface area contributed by atoms with Gasteiger partial charge in [-0.05, 0) is 49.2 Å². The van der Waals surface area contributed by atoms with E-state index in [0.717, 1.165) is 11.3 Å². The number of aromatic nitrogens is 1. The molecule has 0 saturated carbocycles. The van der Waals surface area contributed by atoms with E-state index < -0.39 is 10.0 Å². The molecule has 0 bridgehead atoms. The Bertz CT molecular complexity index is 982. The number of benzene rings is 2. The topological polar surface area (TPSA) is 71.1 Å². The average molecular weight is 367 g/mol. The monoisotopic (exact) mass is 367 g/mol. The summed E-state index contributed by atoms with van der Waals surface area (Å²) in [6, 6.07) is 18.3. The summed E-state index contributed by atoms with van der Waals surface area (Å²) in [6.45, 7) is 4.66. The molecule has 1 heterocycles. The summed E-state index contributed by atoms with van der Waals surface area (Å²) in [5.74, 6) is 0.284. The Kier molecular flexibility index (Phi) is 5.23. The van der Waals surface area contributed by atoms with Crippen molar-refractivity contribution in [1.29, 1.82) is 0 Å². The molecule has 0 saturated heterocycles. The largest absolute Gasteiger partial charge is 0.380 e. The first kappa shape index (κ1) is 17.9. The fraction of sp³-hybridized carbons (Fsp3) is 0.150. The van der Waals surface area contributed by atoms with Crippen LogP contribution in [0, 0.1) is 13.8 Å². The van der Waals surface area contributed by atoms with Gasteiger partial charge in [-0.2, -0.15) is 0 Å². The van der Waals surface area contributed by atoms with E-state index in [0.29, 0.717) is 6.54 Å². The van der Waals surface area contributed by atoms with Gasteiger partial charge in [0, 0.05) is 6.54 Å². The molecule has 0 spiro atoms. The molecule has 26 heavy (non-hydrogen) atoms. The summed E-state index contributed by atoms with van der Waals surface area (Å²) in [5.41, 5.74) is 4.25. The van der Waals surface area contributed by atoms with Crippen LogP contribution in [0.5, 0.6) is 0 Å². The standard InChI is InChI=1S/C20H21N3O2S/c1-15-7-10-19(11-8-15)26(24,25)23-20-12-9-18(14-22-20)21-13-17-6-4-3-5-16(17)2/h3-12,14,21H,13H2,1-2H3,(H,22,23). The molecule has 3 aromatic rings. The third-order valence-electron chi connectivity index (χ3n) is 4.08. The molecule has 1 aromatic heterocycles. The minimum absolute atomic E-state index is 0.214. The van der Waals surface area contributed by atoms with Gasteiger partial charge in [-0.15, -0.1) is 0 Å². The first-order valence-corrected chi connectivity index (χ1v) is 9.76. The Balaban J connectivity index is 1.66. The van der Waals surface area contributed by atoms with Crippen LogP contribution in [-0.4, -0.2) is 13.4 Å². The van der Waals surface area contributed by atoms with Crippen molar-refractivity contribution in [2.75, 3.05) is 10.0 Å². The lowest BCUT2D eigenvalue weighted by Crippen LogP contribution is -2.14. The van der Waals surface area contributed by atoms with Crippen LogP contribution in [0.25, 0.3) is 0 Å². The maximum atomic E-state index is 12.4. The number of anilines is 2. The molecule has 5 nitrogen and oxygen atoms in total. The van der Waals surface area contributed by atoms with Crippen LogP contribution in [0.1, 0.15) is 16.7 Å². The number of aryl methyl sites for hydroxylation is 2. The molecule has 0 unspecified atom stereocenters. The SMILES string of the molecule is Cc1ccc(S(=O)(=O)Nc2ccc(NCc3ccccc3C)cn2)cc1. The highest BCUT2D eigenvalue weighted by Gasteiger charge is 2.14. The molecule has 0 atom stereocenters. The molecular formula is C20H21N3O2S. The van der Waals surface area contributed by atoms with Gasteiger partial charge in [0.05, 0.1) is 16.8 Å². The highest BCUT2D eigenvalue weighted by Crippen LogP contribution is 2.17. The number of hydrogen-bond donors (Lipinski definition) is 2. The fourth-order valence-corrected chi connectivity index (χ4v) is 3.49. The molecule has 0 amide bonds. The van der Waals surface area contributed by atoms with Crippen LogP contribution in [0.3, 0.4) is 0 Å². The highest BCUT2D eigenvalue weighted by atomic mass is 32.2. The van der Waals surface area contributed by atoms with Crippen molar-refractivity contribution in [3.63, 3.8) is 0 Å². The quantitative estimate of drug-likeness (QED) is 0.688. The fourth-order valence-electron chi connectivity index (χ4n) is 2.48. The molecule has 3 rings (SSSR count). The summed E-state index contributed by atoms with van der Waals surface area (Å²) in [4.78, 5) is 4.40. The second-order valence-corrected chi connectivity index (χ2v) is 7.81. The van der Waals surface area contributed by atoms with E-state index in [2.05, 4.69) is 34.1 Å². The number of nitrogens with one attached hydrogen (secondary N) is 2. The lowest BCUT2D eigenvalue weighted by Gasteiger charge is -2.10. The Morgan fingerprint density at radius 2 is 1.65 bits per heavy atom. The Morgan fingerprint density at radius 1 is 0.923 bits per heavy atom. The summed E-state index contributed by atoms with van der Waals surface area (Å²) < 4.78 is 27.3. The number of rotatable bonds is 6. The second kappa shape index (κ2) is 7.58. The smallest absolute Gasteiger partial charge is 0.263 e. The van der Waals surface area contributed by atoms with Gasteiger partial charge < -0.3 is 5.32 Å². The van der Waals surface area contributed by atoms with E-state index in [-0.39, 0.29) is 10.7 Å². The van der Waals surface area contributed by atoms with Crippen LogP contribution in [0.4, 0.5) is 11.5 Å². The summed E-state index contributed by atoms with van der Waals surface area (Å²) in [7, 11) is -3.64. The van der Waals surface area contributed by atoms with Gasteiger partial charge >= 0.3 is 0 Å². The van der Waals surface area contributed by atoms with Crippen molar-refractivity contribution in [3.05, 3.63) is 83.6 Å². The maximum absolute atomic E-state index is 12.4. The average Bonchev–Trinajstić information content (AvgIpc) is 2.62. The van der Waals surface area contributed by atoms with Gasteiger partial charge in [-0.25, -0.2) is 13.4 Å². The zero-order valence-electron chi connectivity index (χ0n) is 14.7. The normalized spacial score (nSPS) is 11.2. The van der Waals surface area contributed by atoms with E-state index >= 15 is 0 Å². The van der Waals surface area contributed by atoms with Gasteiger partial charge in [0.2, 0.25) is 0 Å². The molecule has 6 heteroatoms. The predicted molar refractivity (Wildman–Crippen MR) is 105 cm³/mol. The van der Waals surface area contributed by atoms with E-state index in [1.165, 1.54) is 11.1 Å². The first-order chi connectivity index (χ1) is 12.4. The number of hydrogen-bond acceptors (Lipinski definition) is 4. The zero-order valence-corrected chi connectivity index (χ0v) is 15.5. The van der Waals surface area contributed by atoms with Crippen LogP contribution >= 0.6 is 0 Å². The molecule has 0 aliphatic heterocycles. The van der Waals surface area contributed by atoms with E-state index in [1.807, 2.05) is 19.1 Å². The lowest BCUT2D eigenvalue weighted by atomic mass is 10.1. The highest BCUT2D eigenvalue weighted by molar-refractivity contribution is 7.92. The maximum Gasteiger partial charge on any atom is 0.263 e. The van der Waals surface area contributed by atoms with E-state index in [1.54, 1.807) is 42.6 Å². The minimum Gasteiger partial charge on any atom is -0.380 e. The Morgan fingerprint density at radius 3 is 2.31 bits per heavy atom. The number of sulfonamides is 1. The Labute approximate surface area is 154 Å². The van der Waals surface area contributed by atoms with Gasteiger partial charge in [-0.3, -0.25) is 4.72 Å². The molecule has 0 fully saturated rings. The van der Waals surface area contributed by atoms with Crippen LogP contribution in [0.15, 0.2) is 71.8 Å². The molecule has 0 aliphatic rings. The third kappa shape index (κ3) is 4.40. The third-order valence-corrected chi connectivity index (χ3v) is 5.45. The Hall–Kier alpha value is -2.86. The lowest BCUT2D eigenvalue weighted by molar-refractivity contribution is 0.601. The molecule has 0 aliphatic carbocycles. The van der Waals surface area contributed by atoms with Crippen molar-refractivity contribution in [1.82, 2.24) is 4.98 Å². The predicted octanol–water partition coefficient (Wildman–Crippen LogP) is 4.11.